The molecule has 3 heteroatoms. The largest absolute Gasteiger partial charge is 0.349 e. The Balaban J connectivity index is 2.77. The zero-order valence-corrected chi connectivity index (χ0v) is 9.82. The van der Waals surface area contributed by atoms with Gasteiger partial charge in [0.2, 0.25) is 0 Å². The minimum atomic E-state index is -0.127. The minimum absolute atomic E-state index is 0.123. The molecule has 1 aromatic rings. The summed E-state index contributed by atoms with van der Waals surface area (Å²) < 4.78 is 0. The summed E-state index contributed by atoms with van der Waals surface area (Å²) in [6.45, 7) is 6.07. The summed E-state index contributed by atoms with van der Waals surface area (Å²) >= 11 is 0. The van der Waals surface area contributed by atoms with Gasteiger partial charge >= 0.3 is 0 Å². The number of hydrogen-bond acceptors (Lipinski definition) is 2. The Morgan fingerprint density at radius 3 is 2.62 bits per heavy atom. The highest BCUT2D eigenvalue weighted by atomic mass is 16.1. The average Bonchev–Trinajstić information content (AvgIpc) is 2.28. The fourth-order valence-electron chi connectivity index (χ4n) is 1.19. The SMILES string of the molecule is CC(C)[C@@H](C)NC(=O)c1cccc(C#N)c1. The van der Waals surface area contributed by atoms with Crippen LogP contribution in [-0.2, 0) is 0 Å². The molecule has 0 spiro atoms. The van der Waals surface area contributed by atoms with E-state index in [1.165, 1.54) is 0 Å². The molecule has 1 rings (SSSR count). The third-order valence-corrected chi connectivity index (χ3v) is 2.61. The number of benzene rings is 1. The molecule has 1 N–H and O–H groups in total. The quantitative estimate of drug-likeness (QED) is 0.843. The van der Waals surface area contributed by atoms with Crippen molar-refractivity contribution < 1.29 is 4.79 Å². The predicted molar refractivity (Wildman–Crippen MR) is 62.9 cm³/mol. The molecule has 0 radical (unpaired) electrons. The molecule has 0 aromatic heterocycles. The van der Waals surface area contributed by atoms with Crippen molar-refractivity contribution in [3.8, 4) is 6.07 Å². The van der Waals surface area contributed by atoms with Crippen molar-refractivity contribution in [2.24, 2.45) is 5.92 Å². The van der Waals surface area contributed by atoms with Gasteiger partial charge in [0.15, 0.2) is 0 Å². The van der Waals surface area contributed by atoms with Crippen LogP contribution in [0, 0.1) is 17.2 Å². The summed E-state index contributed by atoms with van der Waals surface area (Å²) in [7, 11) is 0. The van der Waals surface area contributed by atoms with E-state index in [1.54, 1.807) is 24.3 Å². The lowest BCUT2D eigenvalue weighted by Crippen LogP contribution is -2.36. The first-order valence-electron chi connectivity index (χ1n) is 5.35. The number of nitriles is 1. The second-order valence-electron chi connectivity index (χ2n) is 4.20. The van der Waals surface area contributed by atoms with E-state index in [1.807, 2.05) is 13.0 Å². The highest BCUT2D eigenvalue weighted by Gasteiger charge is 2.12. The van der Waals surface area contributed by atoms with Crippen molar-refractivity contribution in [1.29, 1.82) is 5.26 Å². The van der Waals surface area contributed by atoms with Crippen LogP contribution in [0.5, 0.6) is 0 Å². The van der Waals surface area contributed by atoms with E-state index in [4.69, 9.17) is 5.26 Å². The first kappa shape index (κ1) is 12.3. The zero-order chi connectivity index (χ0) is 12.1. The second kappa shape index (κ2) is 5.32. The van der Waals surface area contributed by atoms with Gasteiger partial charge < -0.3 is 5.32 Å². The van der Waals surface area contributed by atoms with Gasteiger partial charge in [-0.05, 0) is 31.0 Å². The summed E-state index contributed by atoms with van der Waals surface area (Å²) in [5.74, 6) is 0.265. The lowest BCUT2D eigenvalue weighted by molar-refractivity contribution is 0.0930. The molecule has 0 aliphatic rings. The second-order valence-corrected chi connectivity index (χ2v) is 4.20. The molecule has 0 aliphatic heterocycles. The van der Waals surface area contributed by atoms with Crippen LogP contribution in [0.25, 0.3) is 0 Å². The van der Waals surface area contributed by atoms with Crippen LogP contribution in [0.15, 0.2) is 24.3 Å². The fraction of sp³-hybridized carbons (Fsp3) is 0.385. The maximum Gasteiger partial charge on any atom is 0.251 e. The number of nitrogens with zero attached hydrogens (tertiary/aromatic N) is 1. The summed E-state index contributed by atoms with van der Waals surface area (Å²) in [5, 5.41) is 11.6. The Labute approximate surface area is 96.1 Å². The monoisotopic (exact) mass is 216 g/mol. The van der Waals surface area contributed by atoms with Gasteiger partial charge in [0.1, 0.15) is 0 Å². The Hall–Kier alpha value is -1.82. The van der Waals surface area contributed by atoms with Crippen LogP contribution in [0.3, 0.4) is 0 Å². The van der Waals surface area contributed by atoms with E-state index in [9.17, 15) is 4.79 Å². The van der Waals surface area contributed by atoms with Crippen molar-refractivity contribution in [3.63, 3.8) is 0 Å². The molecule has 1 aromatic carbocycles. The lowest BCUT2D eigenvalue weighted by atomic mass is 10.1. The molecule has 0 unspecified atom stereocenters. The third-order valence-electron chi connectivity index (χ3n) is 2.61. The Morgan fingerprint density at radius 1 is 1.38 bits per heavy atom. The summed E-state index contributed by atoms with van der Waals surface area (Å²) in [6, 6.07) is 8.85. The number of carbonyl (C=O) groups excluding carboxylic acids is 1. The maximum absolute atomic E-state index is 11.8. The maximum atomic E-state index is 11.8. The number of hydrogen-bond donors (Lipinski definition) is 1. The standard InChI is InChI=1S/C13H16N2O/c1-9(2)10(3)15-13(16)12-6-4-5-11(7-12)8-14/h4-7,9-10H,1-3H3,(H,15,16)/t10-/m1/s1. The summed E-state index contributed by atoms with van der Waals surface area (Å²) in [5.41, 5.74) is 1.04. The Kier molecular flexibility index (Phi) is 4.07. The number of rotatable bonds is 3. The van der Waals surface area contributed by atoms with Gasteiger partial charge in [-0.1, -0.05) is 19.9 Å². The number of amides is 1. The molecular weight excluding hydrogens is 200 g/mol. The predicted octanol–water partition coefficient (Wildman–Crippen LogP) is 2.33. The highest BCUT2D eigenvalue weighted by molar-refractivity contribution is 5.94. The molecule has 16 heavy (non-hydrogen) atoms. The van der Waals surface area contributed by atoms with Gasteiger partial charge in [-0.2, -0.15) is 5.26 Å². The first-order chi connectivity index (χ1) is 7.54. The molecular formula is C13H16N2O. The highest BCUT2D eigenvalue weighted by Crippen LogP contribution is 2.06. The molecule has 1 amide bonds. The Morgan fingerprint density at radius 2 is 2.06 bits per heavy atom. The average molecular weight is 216 g/mol. The summed E-state index contributed by atoms with van der Waals surface area (Å²) in [6.07, 6.45) is 0. The van der Waals surface area contributed by atoms with Gasteiger partial charge in [0, 0.05) is 11.6 Å². The van der Waals surface area contributed by atoms with E-state index >= 15 is 0 Å². The first-order valence-corrected chi connectivity index (χ1v) is 5.35. The fourth-order valence-corrected chi connectivity index (χ4v) is 1.19. The van der Waals surface area contributed by atoms with Crippen molar-refractivity contribution in [2.75, 3.05) is 0 Å². The molecule has 0 fully saturated rings. The van der Waals surface area contributed by atoms with E-state index < -0.39 is 0 Å². The van der Waals surface area contributed by atoms with Crippen LogP contribution in [0.1, 0.15) is 36.7 Å². The van der Waals surface area contributed by atoms with Crippen molar-refractivity contribution >= 4 is 5.91 Å². The lowest BCUT2D eigenvalue weighted by Gasteiger charge is -2.17. The van der Waals surface area contributed by atoms with E-state index in [-0.39, 0.29) is 11.9 Å². The molecule has 0 saturated heterocycles. The van der Waals surface area contributed by atoms with E-state index in [0.717, 1.165) is 0 Å². The molecule has 0 aliphatic carbocycles. The topological polar surface area (TPSA) is 52.9 Å². The van der Waals surface area contributed by atoms with E-state index in [2.05, 4.69) is 19.2 Å². The van der Waals surface area contributed by atoms with Crippen LogP contribution < -0.4 is 5.32 Å². The van der Waals surface area contributed by atoms with Crippen molar-refractivity contribution in [3.05, 3.63) is 35.4 Å². The summed E-state index contributed by atoms with van der Waals surface area (Å²) in [4.78, 5) is 11.8. The number of carbonyl (C=O) groups is 1. The number of nitrogens with one attached hydrogen (secondary N) is 1. The molecule has 0 heterocycles. The third kappa shape index (κ3) is 3.09. The van der Waals surface area contributed by atoms with Gasteiger partial charge in [0.25, 0.3) is 5.91 Å². The molecule has 0 bridgehead atoms. The van der Waals surface area contributed by atoms with Crippen LogP contribution in [0.2, 0.25) is 0 Å². The minimum Gasteiger partial charge on any atom is -0.349 e. The van der Waals surface area contributed by atoms with Crippen molar-refractivity contribution in [1.82, 2.24) is 5.32 Å². The van der Waals surface area contributed by atoms with Crippen LogP contribution in [-0.4, -0.2) is 11.9 Å². The van der Waals surface area contributed by atoms with Crippen LogP contribution in [0.4, 0.5) is 0 Å². The molecule has 1 atom stereocenters. The van der Waals surface area contributed by atoms with Gasteiger partial charge in [-0.15, -0.1) is 0 Å². The normalized spacial score (nSPS) is 11.9. The van der Waals surface area contributed by atoms with Gasteiger partial charge in [0.05, 0.1) is 11.6 Å². The zero-order valence-electron chi connectivity index (χ0n) is 9.82. The van der Waals surface area contributed by atoms with Gasteiger partial charge in [-0.25, -0.2) is 0 Å². The van der Waals surface area contributed by atoms with Gasteiger partial charge in [-0.3, -0.25) is 4.79 Å². The van der Waals surface area contributed by atoms with Crippen LogP contribution >= 0.6 is 0 Å². The smallest absolute Gasteiger partial charge is 0.251 e. The van der Waals surface area contributed by atoms with E-state index in [0.29, 0.717) is 17.0 Å². The molecule has 0 saturated carbocycles. The molecule has 3 nitrogen and oxygen atoms in total. The van der Waals surface area contributed by atoms with Crippen molar-refractivity contribution in [2.45, 2.75) is 26.8 Å². The molecule has 84 valence electrons. The Bertz CT molecular complexity index is 418.